The molecule has 0 aliphatic carbocycles. The SMILES string of the molecule is Brc1cccc(-c2cnn(CCN3CCOCC3)c2)c1. The number of ether oxygens (including phenoxy) is 1. The van der Waals surface area contributed by atoms with E-state index in [4.69, 9.17) is 4.74 Å². The van der Waals surface area contributed by atoms with Gasteiger partial charge in [0.2, 0.25) is 0 Å². The predicted octanol–water partition coefficient (Wildman–Crippen LogP) is 2.64. The van der Waals surface area contributed by atoms with Crippen molar-refractivity contribution >= 4 is 15.9 Å². The van der Waals surface area contributed by atoms with Crippen LogP contribution >= 0.6 is 15.9 Å². The van der Waals surface area contributed by atoms with E-state index >= 15 is 0 Å². The van der Waals surface area contributed by atoms with E-state index in [2.05, 4.69) is 44.3 Å². The first-order chi connectivity index (χ1) is 9.81. The van der Waals surface area contributed by atoms with Gasteiger partial charge < -0.3 is 4.74 Å². The molecule has 106 valence electrons. The molecule has 5 heteroatoms. The summed E-state index contributed by atoms with van der Waals surface area (Å²) >= 11 is 3.50. The highest BCUT2D eigenvalue weighted by atomic mass is 79.9. The van der Waals surface area contributed by atoms with Gasteiger partial charge in [0, 0.05) is 35.9 Å². The van der Waals surface area contributed by atoms with Crippen LogP contribution in [0.15, 0.2) is 41.1 Å². The van der Waals surface area contributed by atoms with Crippen LogP contribution in [0.1, 0.15) is 0 Å². The molecule has 0 spiro atoms. The van der Waals surface area contributed by atoms with Crippen molar-refractivity contribution in [3.63, 3.8) is 0 Å². The van der Waals surface area contributed by atoms with Gasteiger partial charge in [-0.3, -0.25) is 9.58 Å². The van der Waals surface area contributed by atoms with Gasteiger partial charge in [-0.25, -0.2) is 0 Å². The maximum Gasteiger partial charge on any atom is 0.0594 e. The van der Waals surface area contributed by atoms with Crippen molar-refractivity contribution in [3.8, 4) is 11.1 Å². The minimum atomic E-state index is 0.850. The third-order valence-electron chi connectivity index (χ3n) is 3.54. The Hall–Kier alpha value is -1.17. The summed E-state index contributed by atoms with van der Waals surface area (Å²) in [5, 5.41) is 4.45. The standard InChI is InChI=1S/C15H18BrN3O/c16-15-3-1-2-13(10-15)14-11-17-19(12-14)5-4-18-6-8-20-9-7-18/h1-3,10-12H,4-9H2. The molecule has 0 amide bonds. The van der Waals surface area contributed by atoms with Crippen LogP contribution in [0.4, 0.5) is 0 Å². The smallest absolute Gasteiger partial charge is 0.0594 e. The van der Waals surface area contributed by atoms with Crippen molar-refractivity contribution in [2.45, 2.75) is 6.54 Å². The number of hydrogen-bond donors (Lipinski definition) is 0. The number of nitrogens with zero attached hydrogens (tertiary/aromatic N) is 3. The normalized spacial score (nSPS) is 16.4. The summed E-state index contributed by atoms with van der Waals surface area (Å²) in [5.74, 6) is 0. The number of halogens is 1. The summed E-state index contributed by atoms with van der Waals surface area (Å²) in [6.07, 6.45) is 4.04. The molecule has 2 heterocycles. The fourth-order valence-electron chi connectivity index (χ4n) is 2.37. The lowest BCUT2D eigenvalue weighted by Crippen LogP contribution is -2.38. The van der Waals surface area contributed by atoms with Gasteiger partial charge in [-0.2, -0.15) is 5.10 Å². The average molecular weight is 336 g/mol. The summed E-state index contributed by atoms with van der Waals surface area (Å²) in [6.45, 7) is 5.71. The van der Waals surface area contributed by atoms with Crippen LogP contribution in [0.3, 0.4) is 0 Å². The minimum Gasteiger partial charge on any atom is -0.379 e. The fourth-order valence-corrected chi connectivity index (χ4v) is 2.77. The molecule has 2 aromatic rings. The second-order valence-corrected chi connectivity index (χ2v) is 5.87. The van der Waals surface area contributed by atoms with Crippen LogP contribution in [0.2, 0.25) is 0 Å². The van der Waals surface area contributed by atoms with E-state index in [0.717, 1.165) is 49.4 Å². The minimum absolute atomic E-state index is 0.850. The Morgan fingerprint density at radius 2 is 2.00 bits per heavy atom. The Labute approximate surface area is 127 Å². The van der Waals surface area contributed by atoms with Gasteiger partial charge in [-0.05, 0) is 17.7 Å². The number of morpholine rings is 1. The Balaban J connectivity index is 1.61. The van der Waals surface area contributed by atoms with Gasteiger partial charge in [0.15, 0.2) is 0 Å². The van der Waals surface area contributed by atoms with Crippen molar-refractivity contribution < 1.29 is 4.74 Å². The first kappa shape index (κ1) is 13.8. The van der Waals surface area contributed by atoms with E-state index in [1.165, 1.54) is 5.56 Å². The van der Waals surface area contributed by atoms with Crippen LogP contribution < -0.4 is 0 Å². The van der Waals surface area contributed by atoms with Crippen LogP contribution in [0.5, 0.6) is 0 Å². The molecule has 1 fully saturated rings. The van der Waals surface area contributed by atoms with Crippen molar-refractivity contribution in [2.24, 2.45) is 0 Å². The summed E-state index contributed by atoms with van der Waals surface area (Å²) in [5.41, 5.74) is 2.35. The monoisotopic (exact) mass is 335 g/mol. The molecule has 1 aromatic heterocycles. The number of hydrogen-bond acceptors (Lipinski definition) is 3. The zero-order chi connectivity index (χ0) is 13.8. The Morgan fingerprint density at radius 1 is 1.15 bits per heavy atom. The first-order valence-corrected chi connectivity index (χ1v) is 7.69. The lowest BCUT2D eigenvalue weighted by molar-refractivity contribution is 0.0360. The van der Waals surface area contributed by atoms with Crippen molar-refractivity contribution in [1.82, 2.24) is 14.7 Å². The van der Waals surface area contributed by atoms with Gasteiger partial charge in [0.05, 0.1) is 26.0 Å². The van der Waals surface area contributed by atoms with Gasteiger partial charge >= 0.3 is 0 Å². The second kappa shape index (κ2) is 6.52. The summed E-state index contributed by atoms with van der Waals surface area (Å²) < 4.78 is 8.47. The molecule has 4 nitrogen and oxygen atoms in total. The Kier molecular flexibility index (Phi) is 4.50. The van der Waals surface area contributed by atoms with Crippen LogP contribution in [-0.2, 0) is 11.3 Å². The molecule has 20 heavy (non-hydrogen) atoms. The largest absolute Gasteiger partial charge is 0.379 e. The molecule has 1 aliphatic rings. The quantitative estimate of drug-likeness (QED) is 0.860. The van der Waals surface area contributed by atoms with E-state index in [0.29, 0.717) is 0 Å². The van der Waals surface area contributed by atoms with Crippen molar-refractivity contribution in [2.75, 3.05) is 32.8 Å². The molecule has 1 aromatic carbocycles. The fraction of sp³-hybridized carbons (Fsp3) is 0.400. The average Bonchev–Trinajstić information content (AvgIpc) is 2.95. The highest BCUT2D eigenvalue weighted by Crippen LogP contribution is 2.22. The van der Waals surface area contributed by atoms with E-state index in [1.807, 2.05) is 23.0 Å². The number of aromatic nitrogens is 2. The molecule has 0 unspecified atom stereocenters. The summed E-state index contributed by atoms with van der Waals surface area (Å²) in [6, 6.07) is 8.30. The van der Waals surface area contributed by atoms with E-state index < -0.39 is 0 Å². The van der Waals surface area contributed by atoms with E-state index in [1.54, 1.807) is 0 Å². The zero-order valence-corrected chi connectivity index (χ0v) is 12.9. The molecule has 1 aliphatic heterocycles. The highest BCUT2D eigenvalue weighted by molar-refractivity contribution is 9.10. The summed E-state index contributed by atoms with van der Waals surface area (Å²) in [7, 11) is 0. The predicted molar refractivity (Wildman–Crippen MR) is 82.6 cm³/mol. The maximum atomic E-state index is 5.36. The van der Waals surface area contributed by atoms with Gasteiger partial charge in [-0.1, -0.05) is 28.1 Å². The molecule has 1 saturated heterocycles. The van der Waals surface area contributed by atoms with Crippen LogP contribution in [-0.4, -0.2) is 47.5 Å². The maximum absolute atomic E-state index is 5.36. The topological polar surface area (TPSA) is 30.3 Å². The Bertz CT molecular complexity index is 564. The number of benzene rings is 1. The first-order valence-electron chi connectivity index (χ1n) is 6.90. The molecule has 0 saturated carbocycles. The third kappa shape index (κ3) is 3.48. The molecular weight excluding hydrogens is 318 g/mol. The highest BCUT2D eigenvalue weighted by Gasteiger charge is 2.10. The zero-order valence-electron chi connectivity index (χ0n) is 11.3. The van der Waals surface area contributed by atoms with Crippen molar-refractivity contribution in [1.29, 1.82) is 0 Å². The molecule has 0 N–H and O–H groups in total. The Morgan fingerprint density at radius 3 is 2.80 bits per heavy atom. The van der Waals surface area contributed by atoms with E-state index in [9.17, 15) is 0 Å². The van der Waals surface area contributed by atoms with E-state index in [-0.39, 0.29) is 0 Å². The molecular formula is C15H18BrN3O. The van der Waals surface area contributed by atoms with Gasteiger partial charge in [0.1, 0.15) is 0 Å². The van der Waals surface area contributed by atoms with Crippen molar-refractivity contribution in [3.05, 3.63) is 41.1 Å². The van der Waals surface area contributed by atoms with Crippen LogP contribution in [0.25, 0.3) is 11.1 Å². The van der Waals surface area contributed by atoms with Gasteiger partial charge in [-0.15, -0.1) is 0 Å². The van der Waals surface area contributed by atoms with Gasteiger partial charge in [0.25, 0.3) is 0 Å². The summed E-state index contributed by atoms with van der Waals surface area (Å²) in [4.78, 5) is 2.42. The van der Waals surface area contributed by atoms with Crippen LogP contribution in [0, 0.1) is 0 Å². The lowest BCUT2D eigenvalue weighted by atomic mass is 10.1. The lowest BCUT2D eigenvalue weighted by Gasteiger charge is -2.26. The second-order valence-electron chi connectivity index (χ2n) is 4.96. The molecule has 0 radical (unpaired) electrons. The molecule has 3 rings (SSSR count). The molecule has 0 bridgehead atoms. The molecule has 0 atom stereocenters. The number of rotatable bonds is 4. The third-order valence-corrected chi connectivity index (χ3v) is 4.03.